The largest absolute Gasteiger partial charge is 0.355 e. The molecule has 0 aliphatic carbocycles. The number of sulfone groups is 1. The molecule has 0 radical (unpaired) electrons. The fraction of sp³-hybridized carbons (Fsp3) is 0.889. The zero-order valence-corrected chi connectivity index (χ0v) is 10.2. The Kier molecular flexibility index (Phi) is 7.33. The van der Waals surface area contributed by atoms with E-state index >= 15 is 0 Å². The first kappa shape index (κ1) is 14.4. The molecule has 0 rings (SSSR count). The van der Waals surface area contributed by atoms with Crippen LogP contribution in [0.2, 0.25) is 0 Å². The smallest absolute Gasteiger partial charge is 0.233 e. The zero-order valence-electron chi connectivity index (χ0n) is 9.38. The van der Waals surface area contributed by atoms with Gasteiger partial charge in [-0.25, -0.2) is 8.42 Å². The van der Waals surface area contributed by atoms with Gasteiger partial charge in [0.15, 0.2) is 9.84 Å². The van der Waals surface area contributed by atoms with Crippen LogP contribution in [0, 0.1) is 0 Å². The third kappa shape index (κ3) is 8.38. The number of likely N-dealkylation sites (N-methyl/N-ethyl adjacent to an activating group) is 1. The summed E-state index contributed by atoms with van der Waals surface area (Å²) in [7, 11) is -2.94. The summed E-state index contributed by atoms with van der Waals surface area (Å²) < 4.78 is 22.5. The van der Waals surface area contributed by atoms with Crippen LogP contribution in [0.3, 0.4) is 0 Å². The Morgan fingerprint density at radius 2 is 1.87 bits per heavy atom. The molecule has 0 aromatic heterocycles. The van der Waals surface area contributed by atoms with Crippen LogP contribution in [-0.4, -0.2) is 45.5 Å². The summed E-state index contributed by atoms with van der Waals surface area (Å²) in [6, 6.07) is 0. The fourth-order valence-corrected chi connectivity index (χ4v) is 2.38. The molecule has 2 N–H and O–H groups in total. The highest BCUT2D eigenvalue weighted by Crippen LogP contribution is 1.91. The molecule has 90 valence electrons. The Balaban J connectivity index is 3.58. The number of amides is 1. The van der Waals surface area contributed by atoms with Gasteiger partial charge in [0.05, 0.1) is 12.3 Å². The number of nitrogens with one attached hydrogen (secondary N) is 2. The van der Waals surface area contributed by atoms with E-state index in [0.29, 0.717) is 19.5 Å². The summed E-state index contributed by atoms with van der Waals surface area (Å²) in [4.78, 5) is 11.0. The number of hydrogen-bond donors (Lipinski definition) is 2. The maximum absolute atomic E-state index is 11.3. The number of hydrogen-bond acceptors (Lipinski definition) is 4. The first-order chi connectivity index (χ1) is 7.02. The van der Waals surface area contributed by atoms with Gasteiger partial charge in [0.1, 0.15) is 0 Å². The third-order valence-electron chi connectivity index (χ3n) is 1.76. The van der Waals surface area contributed by atoms with Crippen molar-refractivity contribution in [3.05, 3.63) is 0 Å². The van der Waals surface area contributed by atoms with Crippen molar-refractivity contribution in [1.29, 1.82) is 0 Å². The summed E-state index contributed by atoms with van der Waals surface area (Å²) >= 11 is 0. The van der Waals surface area contributed by atoms with Crippen LogP contribution in [0.15, 0.2) is 0 Å². The van der Waals surface area contributed by atoms with Gasteiger partial charge in [0.2, 0.25) is 5.91 Å². The maximum Gasteiger partial charge on any atom is 0.233 e. The second kappa shape index (κ2) is 7.64. The van der Waals surface area contributed by atoms with Gasteiger partial charge in [-0.3, -0.25) is 4.79 Å². The average Bonchev–Trinajstić information content (AvgIpc) is 2.13. The van der Waals surface area contributed by atoms with Crippen molar-refractivity contribution in [2.45, 2.75) is 20.3 Å². The Morgan fingerprint density at radius 3 is 2.40 bits per heavy atom. The van der Waals surface area contributed by atoms with E-state index < -0.39 is 9.84 Å². The van der Waals surface area contributed by atoms with Gasteiger partial charge in [0.25, 0.3) is 0 Å². The average molecular weight is 236 g/mol. The lowest BCUT2D eigenvalue weighted by Gasteiger charge is -2.05. The summed E-state index contributed by atoms with van der Waals surface area (Å²) in [6.45, 7) is 4.77. The highest BCUT2D eigenvalue weighted by Gasteiger charge is 2.08. The first-order valence-corrected chi connectivity index (χ1v) is 7.01. The summed E-state index contributed by atoms with van der Waals surface area (Å²) in [5.41, 5.74) is 0. The number of carbonyl (C=O) groups excluding carboxylic acids is 1. The molecule has 5 nitrogen and oxygen atoms in total. The van der Waals surface area contributed by atoms with Crippen LogP contribution >= 0.6 is 0 Å². The second-order valence-electron chi connectivity index (χ2n) is 3.28. The summed E-state index contributed by atoms with van der Waals surface area (Å²) in [6.07, 6.45) is 0.638. The Morgan fingerprint density at radius 1 is 1.20 bits per heavy atom. The van der Waals surface area contributed by atoms with Gasteiger partial charge in [-0.05, 0) is 13.3 Å². The van der Waals surface area contributed by atoms with Gasteiger partial charge in [0, 0.05) is 18.8 Å². The molecule has 0 aliphatic heterocycles. The predicted molar refractivity (Wildman–Crippen MR) is 60.5 cm³/mol. The van der Waals surface area contributed by atoms with E-state index in [1.165, 1.54) is 0 Å². The minimum Gasteiger partial charge on any atom is -0.355 e. The molecule has 0 atom stereocenters. The van der Waals surface area contributed by atoms with Gasteiger partial charge in [-0.1, -0.05) is 6.92 Å². The SMILES string of the molecule is CCCS(=O)(=O)CCNCC(=O)NCC. The third-order valence-corrected chi connectivity index (χ3v) is 3.62. The second-order valence-corrected chi connectivity index (χ2v) is 5.59. The normalized spacial score (nSPS) is 11.3. The van der Waals surface area contributed by atoms with Crippen molar-refractivity contribution in [3.63, 3.8) is 0 Å². The van der Waals surface area contributed by atoms with Gasteiger partial charge < -0.3 is 10.6 Å². The Labute approximate surface area is 91.5 Å². The molecular formula is C9H20N2O3S. The lowest BCUT2D eigenvalue weighted by molar-refractivity contribution is -0.120. The lowest BCUT2D eigenvalue weighted by Crippen LogP contribution is -2.35. The molecule has 0 aromatic carbocycles. The van der Waals surface area contributed by atoms with Crippen LogP contribution in [-0.2, 0) is 14.6 Å². The van der Waals surface area contributed by atoms with E-state index in [-0.39, 0.29) is 24.0 Å². The molecule has 0 saturated carbocycles. The minimum absolute atomic E-state index is 0.0975. The molecule has 0 saturated heterocycles. The molecule has 0 bridgehead atoms. The topological polar surface area (TPSA) is 75.3 Å². The molecule has 0 fully saturated rings. The Bertz CT molecular complexity index is 275. The van der Waals surface area contributed by atoms with E-state index in [0.717, 1.165) is 0 Å². The van der Waals surface area contributed by atoms with Gasteiger partial charge in [-0.15, -0.1) is 0 Å². The first-order valence-electron chi connectivity index (χ1n) is 5.19. The van der Waals surface area contributed by atoms with Crippen molar-refractivity contribution in [3.8, 4) is 0 Å². The van der Waals surface area contributed by atoms with Crippen LogP contribution in [0.4, 0.5) is 0 Å². The van der Waals surface area contributed by atoms with Crippen molar-refractivity contribution >= 4 is 15.7 Å². The van der Waals surface area contributed by atoms with Crippen molar-refractivity contribution < 1.29 is 13.2 Å². The number of carbonyl (C=O) groups is 1. The molecule has 6 heteroatoms. The highest BCUT2D eigenvalue weighted by atomic mass is 32.2. The molecule has 0 unspecified atom stereocenters. The minimum atomic E-state index is -2.94. The zero-order chi connectivity index (χ0) is 11.7. The fourth-order valence-electron chi connectivity index (χ4n) is 1.10. The highest BCUT2D eigenvalue weighted by molar-refractivity contribution is 7.91. The monoisotopic (exact) mass is 236 g/mol. The molecular weight excluding hydrogens is 216 g/mol. The lowest BCUT2D eigenvalue weighted by atomic mass is 10.5. The van der Waals surface area contributed by atoms with E-state index in [9.17, 15) is 13.2 Å². The van der Waals surface area contributed by atoms with E-state index in [4.69, 9.17) is 0 Å². The van der Waals surface area contributed by atoms with Crippen molar-refractivity contribution in [1.82, 2.24) is 10.6 Å². The molecule has 0 aromatic rings. The molecule has 0 spiro atoms. The molecule has 1 amide bonds. The van der Waals surface area contributed by atoms with E-state index in [1.54, 1.807) is 0 Å². The number of rotatable bonds is 8. The standard InChI is InChI=1S/C9H20N2O3S/c1-3-6-15(13,14)7-5-10-8-9(12)11-4-2/h10H,3-8H2,1-2H3,(H,11,12). The summed E-state index contributed by atoms with van der Waals surface area (Å²) in [5.74, 6) is 0.209. The Hall–Kier alpha value is -0.620. The maximum atomic E-state index is 11.3. The van der Waals surface area contributed by atoms with E-state index in [2.05, 4.69) is 10.6 Å². The van der Waals surface area contributed by atoms with Crippen LogP contribution < -0.4 is 10.6 Å². The summed E-state index contributed by atoms with van der Waals surface area (Å²) in [5, 5.41) is 5.41. The molecule has 15 heavy (non-hydrogen) atoms. The van der Waals surface area contributed by atoms with Gasteiger partial charge in [-0.2, -0.15) is 0 Å². The van der Waals surface area contributed by atoms with Crippen LogP contribution in [0.5, 0.6) is 0 Å². The molecule has 0 heterocycles. The predicted octanol–water partition coefficient (Wildman–Crippen LogP) is -0.463. The van der Waals surface area contributed by atoms with Crippen molar-refractivity contribution in [2.75, 3.05) is 31.1 Å². The quantitative estimate of drug-likeness (QED) is 0.559. The van der Waals surface area contributed by atoms with Crippen LogP contribution in [0.1, 0.15) is 20.3 Å². The van der Waals surface area contributed by atoms with Crippen LogP contribution in [0.25, 0.3) is 0 Å². The van der Waals surface area contributed by atoms with Gasteiger partial charge >= 0.3 is 0 Å². The molecule has 0 aliphatic rings. The van der Waals surface area contributed by atoms with Crippen molar-refractivity contribution in [2.24, 2.45) is 0 Å². The van der Waals surface area contributed by atoms with E-state index in [1.807, 2.05) is 13.8 Å².